The molecule has 5 nitrogen and oxygen atoms in total. The Morgan fingerprint density at radius 2 is 2.07 bits per heavy atom. The summed E-state index contributed by atoms with van der Waals surface area (Å²) in [6.07, 6.45) is 1.19. The van der Waals surface area contributed by atoms with E-state index in [0.29, 0.717) is 19.4 Å². The molecule has 0 saturated carbocycles. The van der Waals surface area contributed by atoms with Crippen LogP contribution in [0, 0.1) is 0 Å². The van der Waals surface area contributed by atoms with Crippen LogP contribution in [0.4, 0.5) is 0 Å². The standard InChI is InChI=1S/C10H18N2O3/c1-4-12(9(3)14)8(2)5-6-10(15)11-7-13/h7-8H,4-6H2,1-3H3,(H,11,13,15). The van der Waals surface area contributed by atoms with Gasteiger partial charge in [0, 0.05) is 25.9 Å². The van der Waals surface area contributed by atoms with Gasteiger partial charge in [-0.3, -0.25) is 19.7 Å². The summed E-state index contributed by atoms with van der Waals surface area (Å²) in [6.45, 7) is 5.92. The number of nitrogens with one attached hydrogen (secondary N) is 1. The molecular weight excluding hydrogens is 196 g/mol. The van der Waals surface area contributed by atoms with Crippen LogP contribution in [-0.4, -0.2) is 35.7 Å². The van der Waals surface area contributed by atoms with E-state index in [1.807, 2.05) is 13.8 Å². The molecule has 1 atom stereocenters. The van der Waals surface area contributed by atoms with Crippen LogP contribution in [0.25, 0.3) is 0 Å². The highest BCUT2D eigenvalue weighted by molar-refractivity contribution is 5.85. The Kier molecular flexibility index (Phi) is 6.33. The molecule has 0 bridgehead atoms. The molecule has 0 fully saturated rings. The molecule has 3 amide bonds. The van der Waals surface area contributed by atoms with Gasteiger partial charge in [-0.1, -0.05) is 0 Å². The lowest BCUT2D eigenvalue weighted by Gasteiger charge is -2.26. The van der Waals surface area contributed by atoms with Crippen molar-refractivity contribution in [1.82, 2.24) is 10.2 Å². The predicted octanol–water partition coefficient (Wildman–Crippen LogP) is 0.296. The van der Waals surface area contributed by atoms with Gasteiger partial charge in [0.05, 0.1) is 0 Å². The first-order chi connectivity index (χ1) is 7.02. The van der Waals surface area contributed by atoms with E-state index in [9.17, 15) is 14.4 Å². The number of hydrogen-bond acceptors (Lipinski definition) is 3. The second-order valence-electron chi connectivity index (χ2n) is 3.38. The topological polar surface area (TPSA) is 66.5 Å². The summed E-state index contributed by atoms with van der Waals surface area (Å²) in [5.41, 5.74) is 0. The SMILES string of the molecule is CCN(C(C)=O)C(C)CCC(=O)NC=O. The third-order valence-corrected chi connectivity index (χ3v) is 2.29. The van der Waals surface area contributed by atoms with E-state index in [0.717, 1.165) is 0 Å². The maximum atomic E-state index is 11.2. The molecule has 0 radical (unpaired) electrons. The minimum Gasteiger partial charge on any atom is -0.341 e. The summed E-state index contributed by atoms with van der Waals surface area (Å²) in [5, 5.41) is 2.06. The van der Waals surface area contributed by atoms with Crippen LogP contribution in [-0.2, 0) is 14.4 Å². The minimum atomic E-state index is -0.309. The van der Waals surface area contributed by atoms with Gasteiger partial charge in [-0.2, -0.15) is 0 Å². The predicted molar refractivity (Wildman–Crippen MR) is 56.0 cm³/mol. The van der Waals surface area contributed by atoms with Gasteiger partial charge < -0.3 is 4.90 Å². The van der Waals surface area contributed by atoms with E-state index in [1.54, 1.807) is 4.90 Å². The third-order valence-electron chi connectivity index (χ3n) is 2.29. The molecule has 1 unspecified atom stereocenters. The summed E-state index contributed by atoms with van der Waals surface area (Å²) in [6, 6.07) is 0.0184. The molecule has 0 aliphatic carbocycles. The molecule has 5 heteroatoms. The van der Waals surface area contributed by atoms with Gasteiger partial charge in [-0.25, -0.2) is 0 Å². The van der Waals surface area contributed by atoms with Crippen LogP contribution in [0.3, 0.4) is 0 Å². The molecule has 0 aromatic rings. The highest BCUT2D eigenvalue weighted by atomic mass is 16.2. The molecular formula is C10H18N2O3. The van der Waals surface area contributed by atoms with Crippen molar-refractivity contribution in [1.29, 1.82) is 0 Å². The Balaban J connectivity index is 4.00. The Hall–Kier alpha value is -1.39. The Morgan fingerprint density at radius 3 is 2.47 bits per heavy atom. The van der Waals surface area contributed by atoms with E-state index in [1.165, 1.54) is 6.92 Å². The molecule has 0 spiro atoms. The molecule has 0 aromatic heterocycles. The average molecular weight is 214 g/mol. The number of carbonyl (C=O) groups excluding carboxylic acids is 3. The molecule has 0 aliphatic rings. The largest absolute Gasteiger partial charge is 0.341 e. The fourth-order valence-corrected chi connectivity index (χ4v) is 1.48. The van der Waals surface area contributed by atoms with E-state index in [4.69, 9.17) is 0 Å². The number of carbonyl (C=O) groups is 3. The van der Waals surface area contributed by atoms with Crippen molar-refractivity contribution in [3.63, 3.8) is 0 Å². The summed E-state index contributed by atoms with van der Waals surface area (Å²) in [5.74, 6) is -0.308. The van der Waals surface area contributed by atoms with Gasteiger partial charge in [0.25, 0.3) is 0 Å². The number of rotatable bonds is 6. The average Bonchev–Trinajstić information content (AvgIpc) is 2.15. The monoisotopic (exact) mass is 214 g/mol. The zero-order valence-corrected chi connectivity index (χ0v) is 9.45. The van der Waals surface area contributed by atoms with Crippen LogP contribution in [0.2, 0.25) is 0 Å². The number of amides is 3. The highest BCUT2D eigenvalue weighted by Gasteiger charge is 2.15. The van der Waals surface area contributed by atoms with Gasteiger partial charge in [-0.05, 0) is 20.3 Å². The maximum Gasteiger partial charge on any atom is 0.226 e. The number of nitrogens with zero attached hydrogens (tertiary/aromatic N) is 1. The molecule has 15 heavy (non-hydrogen) atoms. The fraction of sp³-hybridized carbons (Fsp3) is 0.700. The first-order valence-electron chi connectivity index (χ1n) is 5.03. The molecule has 0 rings (SSSR count). The van der Waals surface area contributed by atoms with Gasteiger partial charge in [0.2, 0.25) is 18.2 Å². The van der Waals surface area contributed by atoms with Crippen LogP contribution >= 0.6 is 0 Å². The third kappa shape index (κ3) is 5.15. The van der Waals surface area contributed by atoms with Crippen molar-refractivity contribution in [3.05, 3.63) is 0 Å². The molecule has 0 heterocycles. The van der Waals surface area contributed by atoms with Gasteiger partial charge in [0.1, 0.15) is 0 Å². The van der Waals surface area contributed by atoms with E-state index in [2.05, 4.69) is 5.32 Å². The van der Waals surface area contributed by atoms with E-state index < -0.39 is 0 Å². The van der Waals surface area contributed by atoms with Crippen molar-refractivity contribution in [2.75, 3.05) is 6.54 Å². The zero-order chi connectivity index (χ0) is 11.8. The van der Waals surface area contributed by atoms with Gasteiger partial charge in [0.15, 0.2) is 0 Å². The second-order valence-corrected chi connectivity index (χ2v) is 3.38. The molecule has 0 aliphatic heterocycles. The summed E-state index contributed by atoms with van der Waals surface area (Å²) >= 11 is 0. The van der Waals surface area contributed by atoms with Crippen molar-refractivity contribution >= 4 is 18.2 Å². The minimum absolute atomic E-state index is 0.000737. The zero-order valence-electron chi connectivity index (χ0n) is 9.45. The smallest absolute Gasteiger partial charge is 0.226 e. The first kappa shape index (κ1) is 13.6. The number of hydrogen-bond donors (Lipinski definition) is 1. The summed E-state index contributed by atoms with van der Waals surface area (Å²) in [7, 11) is 0. The van der Waals surface area contributed by atoms with Crippen LogP contribution in [0.15, 0.2) is 0 Å². The van der Waals surface area contributed by atoms with Crippen molar-refractivity contribution in [3.8, 4) is 0 Å². The number of imide groups is 1. The summed E-state index contributed by atoms with van der Waals surface area (Å²) in [4.78, 5) is 33.8. The van der Waals surface area contributed by atoms with Crippen LogP contribution < -0.4 is 5.32 Å². The second kappa shape index (κ2) is 6.98. The molecule has 86 valence electrons. The normalized spacial score (nSPS) is 11.7. The lowest BCUT2D eigenvalue weighted by atomic mass is 10.1. The van der Waals surface area contributed by atoms with Crippen LogP contribution in [0.1, 0.15) is 33.6 Å². The van der Waals surface area contributed by atoms with Gasteiger partial charge >= 0.3 is 0 Å². The lowest BCUT2D eigenvalue weighted by molar-refractivity contribution is -0.132. The Bertz CT molecular complexity index is 241. The van der Waals surface area contributed by atoms with E-state index >= 15 is 0 Å². The van der Waals surface area contributed by atoms with Crippen LogP contribution in [0.5, 0.6) is 0 Å². The molecule has 0 saturated heterocycles. The van der Waals surface area contributed by atoms with Crippen molar-refractivity contribution in [2.24, 2.45) is 0 Å². The maximum absolute atomic E-state index is 11.2. The summed E-state index contributed by atoms with van der Waals surface area (Å²) < 4.78 is 0. The van der Waals surface area contributed by atoms with Crippen molar-refractivity contribution < 1.29 is 14.4 Å². The quantitative estimate of drug-likeness (QED) is 0.646. The van der Waals surface area contributed by atoms with Crippen molar-refractivity contribution in [2.45, 2.75) is 39.7 Å². The Morgan fingerprint density at radius 1 is 1.47 bits per heavy atom. The fourth-order valence-electron chi connectivity index (χ4n) is 1.48. The highest BCUT2D eigenvalue weighted by Crippen LogP contribution is 2.06. The van der Waals surface area contributed by atoms with E-state index in [-0.39, 0.29) is 24.3 Å². The van der Waals surface area contributed by atoms with Gasteiger partial charge in [-0.15, -0.1) is 0 Å². The Labute approximate surface area is 89.8 Å². The molecule has 1 N–H and O–H groups in total. The molecule has 0 aromatic carbocycles. The lowest BCUT2D eigenvalue weighted by Crippen LogP contribution is -2.37. The first-order valence-corrected chi connectivity index (χ1v) is 5.03.